The summed E-state index contributed by atoms with van der Waals surface area (Å²) in [4.78, 5) is 22.3. The van der Waals surface area contributed by atoms with Crippen LogP contribution in [0, 0.1) is 0 Å². The summed E-state index contributed by atoms with van der Waals surface area (Å²) < 4.78 is 6.61. The number of carbonyl (C=O) groups is 1. The van der Waals surface area contributed by atoms with Crippen LogP contribution in [0.3, 0.4) is 0 Å². The summed E-state index contributed by atoms with van der Waals surface area (Å²) in [6, 6.07) is 5.54. The molecule has 1 unspecified atom stereocenters. The number of hydrogen-bond donors (Lipinski definition) is 0. The van der Waals surface area contributed by atoms with E-state index in [9.17, 15) is 4.79 Å². The minimum Gasteiger partial charge on any atom is -0.372 e. The van der Waals surface area contributed by atoms with Crippen molar-refractivity contribution in [3.05, 3.63) is 57.5 Å². The molecule has 2 aromatic heterocycles. The van der Waals surface area contributed by atoms with E-state index < -0.39 is 0 Å². The lowest BCUT2D eigenvalue weighted by Crippen LogP contribution is -2.30. The summed E-state index contributed by atoms with van der Waals surface area (Å²) in [5.74, 6) is -0.112. The smallest absolute Gasteiger partial charge is 0.257 e. The monoisotopic (exact) mass is 395 g/mol. The van der Waals surface area contributed by atoms with Gasteiger partial charge in [-0.05, 0) is 46.1 Å². The second-order valence-electron chi connectivity index (χ2n) is 5.32. The number of pyridine rings is 2. The predicted molar refractivity (Wildman–Crippen MR) is 90.3 cm³/mol. The summed E-state index contributed by atoms with van der Waals surface area (Å²) in [5, 5.41) is 0.222. The topological polar surface area (TPSA) is 55.3 Å². The second kappa shape index (κ2) is 7.38. The van der Waals surface area contributed by atoms with Crippen molar-refractivity contribution in [1.29, 1.82) is 0 Å². The number of aromatic nitrogens is 2. The highest BCUT2D eigenvalue weighted by molar-refractivity contribution is 9.10. The van der Waals surface area contributed by atoms with Gasteiger partial charge in [0.25, 0.3) is 5.91 Å². The Morgan fingerprint density at radius 3 is 3.00 bits per heavy atom. The highest BCUT2D eigenvalue weighted by Gasteiger charge is 2.29. The lowest BCUT2D eigenvalue weighted by Gasteiger charge is -2.17. The number of hydrogen-bond acceptors (Lipinski definition) is 4. The molecule has 1 atom stereocenters. The molecule has 0 bridgehead atoms. The summed E-state index contributed by atoms with van der Waals surface area (Å²) in [6.07, 6.45) is 5.90. The standard InChI is InChI=1S/C16H15BrClN3O2/c17-12-7-14(15(18)20-8-12)16(22)21-6-3-13(9-21)23-10-11-1-4-19-5-2-11/h1-2,4-5,7-8,13H,3,6,9-10H2. The summed E-state index contributed by atoms with van der Waals surface area (Å²) >= 11 is 9.34. The molecule has 3 heterocycles. The van der Waals surface area contributed by atoms with Crippen molar-refractivity contribution in [2.24, 2.45) is 0 Å². The van der Waals surface area contributed by atoms with Crippen LogP contribution >= 0.6 is 27.5 Å². The average molecular weight is 397 g/mol. The number of likely N-dealkylation sites (tertiary alicyclic amines) is 1. The van der Waals surface area contributed by atoms with Gasteiger partial charge >= 0.3 is 0 Å². The van der Waals surface area contributed by atoms with E-state index in [0.29, 0.717) is 25.3 Å². The van der Waals surface area contributed by atoms with Crippen LogP contribution in [-0.2, 0) is 11.3 Å². The van der Waals surface area contributed by atoms with Gasteiger partial charge < -0.3 is 9.64 Å². The van der Waals surface area contributed by atoms with Crippen LogP contribution < -0.4 is 0 Å². The summed E-state index contributed by atoms with van der Waals surface area (Å²) in [5.41, 5.74) is 1.49. The van der Waals surface area contributed by atoms with E-state index in [2.05, 4.69) is 25.9 Å². The minimum atomic E-state index is -0.112. The molecule has 1 saturated heterocycles. The third kappa shape index (κ3) is 4.07. The highest BCUT2D eigenvalue weighted by atomic mass is 79.9. The summed E-state index contributed by atoms with van der Waals surface area (Å²) in [7, 11) is 0. The van der Waals surface area contributed by atoms with Crippen molar-refractivity contribution < 1.29 is 9.53 Å². The van der Waals surface area contributed by atoms with Crippen LogP contribution in [0.1, 0.15) is 22.3 Å². The van der Waals surface area contributed by atoms with E-state index in [0.717, 1.165) is 16.5 Å². The predicted octanol–water partition coefficient (Wildman–Crippen LogP) is 3.32. The van der Waals surface area contributed by atoms with E-state index in [-0.39, 0.29) is 17.2 Å². The Labute approximate surface area is 147 Å². The van der Waals surface area contributed by atoms with Crippen LogP contribution in [0.25, 0.3) is 0 Å². The van der Waals surface area contributed by atoms with Crippen molar-refractivity contribution in [3.8, 4) is 0 Å². The number of rotatable bonds is 4. The van der Waals surface area contributed by atoms with Crippen LogP contribution in [-0.4, -0.2) is 40.0 Å². The number of carbonyl (C=O) groups excluding carboxylic acids is 1. The molecule has 23 heavy (non-hydrogen) atoms. The molecule has 0 N–H and O–H groups in total. The normalized spacial score (nSPS) is 17.5. The van der Waals surface area contributed by atoms with Gasteiger partial charge in [0.2, 0.25) is 0 Å². The lowest BCUT2D eigenvalue weighted by atomic mass is 10.2. The van der Waals surface area contributed by atoms with Gasteiger partial charge in [0.1, 0.15) is 5.15 Å². The molecule has 0 radical (unpaired) electrons. The fourth-order valence-corrected chi connectivity index (χ4v) is 3.00. The minimum absolute atomic E-state index is 0.0333. The summed E-state index contributed by atoms with van der Waals surface area (Å²) in [6.45, 7) is 1.74. The number of amides is 1. The van der Waals surface area contributed by atoms with Crippen molar-refractivity contribution in [2.45, 2.75) is 19.1 Å². The molecule has 2 aromatic rings. The Morgan fingerprint density at radius 1 is 1.43 bits per heavy atom. The zero-order valence-electron chi connectivity index (χ0n) is 12.3. The Bertz CT molecular complexity index is 699. The van der Waals surface area contributed by atoms with Crippen LogP contribution in [0.4, 0.5) is 0 Å². The molecule has 0 saturated carbocycles. The molecule has 0 aliphatic carbocycles. The third-order valence-corrected chi connectivity index (χ3v) is 4.44. The Hall–Kier alpha value is -1.50. The molecule has 1 amide bonds. The zero-order chi connectivity index (χ0) is 16.2. The van der Waals surface area contributed by atoms with Crippen LogP contribution in [0.2, 0.25) is 5.15 Å². The van der Waals surface area contributed by atoms with Crippen LogP contribution in [0.15, 0.2) is 41.3 Å². The maximum absolute atomic E-state index is 12.6. The van der Waals surface area contributed by atoms with Crippen molar-refractivity contribution in [1.82, 2.24) is 14.9 Å². The number of halogens is 2. The molecular formula is C16H15BrClN3O2. The van der Waals surface area contributed by atoms with Crippen molar-refractivity contribution in [2.75, 3.05) is 13.1 Å². The highest BCUT2D eigenvalue weighted by Crippen LogP contribution is 2.23. The number of ether oxygens (including phenoxy) is 1. The molecule has 1 fully saturated rings. The molecule has 0 spiro atoms. The first-order chi connectivity index (χ1) is 11.1. The Kier molecular flexibility index (Phi) is 5.25. The number of nitrogens with zero attached hydrogens (tertiary/aromatic N) is 3. The fourth-order valence-electron chi connectivity index (χ4n) is 2.48. The molecule has 1 aliphatic rings. The first-order valence-electron chi connectivity index (χ1n) is 7.24. The quantitative estimate of drug-likeness (QED) is 0.744. The zero-order valence-corrected chi connectivity index (χ0v) is 14.6. The average Bonchev–Trinajstić information content (AvgIpc) is 3.04. The molecule has 5 nitrogen and oxygen atoms in total. The van der Waals surface area contributed by atoms with Crippen LogP contribution in [0.5, 0.6) is 0 Å². The Balaban J connectivity index is 1.59. The lowest BCUT2D eigenvalue weighted by molar-refractivity contribution is 0.0437. The molecule has 7 heteroatoms. The molecule has 120 valence electrons. The molecule has 0 aromatic carbocycles. The van der Waals surface area contributed by atoms with Gasteiger partial charge in [-0.1, -0.05) is 11.6 Å². The molecule has 3 rings (SSSR count). The fraction of sp³-hybridized carbons (Fsp3) is 0.312. The molecule has 1 aliphatic heterocycles. The first kappa shape index (κ1) is 16.4. The van der Waals surface area contributed by atoms with Gasteiger partial charge in [-0.2, -0.15) is 0 Å². The molecular weight excluding hydrogens is 382 g/mol. The largest absolute Gasteiger partial charge is 0.372 e. The van der Waals surface area contributed by atoms with E-state index in [1.54, 1.807) is 29.6 Å². The SMILES string of the molecule is O=C(c1cc(Br)cnc1Cl)N1CCC(OCc2ccncc2)C1. The van der Waals surface area contributed by atoms with Gasteiger partial charge in [-0.15, -0.1) is 0 Å². The van der Waals surface area contributed by atoms with Crippen molar-refractivity contribution >= 4 is 33.4 Å². The van der Waals surface area contributed by atoms with Gasteiger partial charge in [0, 0.05) is 36.2 Å². The van der Waals surface area contributed by atoms with Gasteiger partial charge in [0.05, 0.1) is 18.3 Å². The third-order valence-electron chi connectivity index (χ3n) is 3.70. The van der Waals surface area contributed by atoms with Crippen molar-refractivity contribution in [3.63, 3.8) is 0 Å². The van der Waals surface area contributed by atoms with E-state index in [1.165, 1.54) is 0 Å². The van der Waals surface area contributed by atoms with E-state index >= 15 is 0 Å². The maximum atomic E-state index is 12.6. The van der Waals surface area contributed by atoms with E-state index in [4.69, 9.17) is 16.3 Å². The first-order valence-corrected chi connectivity index (χ1v) is 8.41. The van der Waals surface area contributed by atoms with Gasteiger partial charge in [-0.25, -0.2) is 4.98 Å². The van der Waals surface area contributed by atoms with Gasteiger partial charge in [-0.3, -0.25) is 9.78 Å². The Morgan fingerprint density at radius 2 is 2.22 bits per heavy atom. The van der Waals surface area contributed by atoms with Gasteiger partial charge in [0.15, 0.2) is 0 Å². The maximum Gasteiger partial charge on any atom is 0.257 e. The van der Waals surface area contributed by atoms with E-state index in [1.807, 2.05) is 12.1 Å². The second-order valence-corrected chi connectivity index (χ2v) is 6.59.